The summed E-state index contributed by atoms with van der Waals surface area (Å²) in [6.07, 6.45) is 2.28. The molecule has 0 amide bonds. The van der Waals surface area contributed by atoms with Crippen LogP contribution in [0.25, 0.3) is 0 Å². The van der Waals surface area contributed by atoms with Gasteiger partial charge in [-0.3, -0.25) is 0 Å². The highest BCUT2D eigenvalue weighted by Gasteiger charge is 2.15. The van der Waals surface area contributed by atoms with Gasteiger partial charge in [0.15, 0.2) is 0 Å². The van der Waals surface area contributed by atoms with Crippen LogP contribution in [0.5, 0.6) is 0 Å². The first-order valence-corrected chi connectivity index (χ1v) is 7.14. The van der Waals surface area contributed by atoms with Crippen LogP contribution in [0.2, 0.25) is 0 Å². The van der Waals surface area contributed by atoms with E-state index in [1.54, 1.807) is 0 Å². The molecule has 1 atom stereocenters. The molecule has 0 heterocycles. The molecule has 1 heteroatoms. The van der Waals surface area contributed by atoms with E-state index >= 15 is 0 Å². The predicted octanol–water partition coefficient (Wildman–Crippen LogP) is 4.15. The highest BCUT2D eigenvalue weighted by atomic mass is 14.5. The average molecular weight is 247 g/mol. The van der Waals surface area contributed by atoms with Crippen molar-refractivity contribution in [2.75, 3.05) is 6.54 Å². The minimum atomic E-state index is 0.243. The number of benzene rings is 1. The molecule has 2 N–H and O–H groups in total. The smallest absolute Gasteiger partial charge is 0.00744 e. The highest BCUT2D eigenvalue weighted by molar-refractivity contribution is 5.27. The van der Waals surface area contributed by atoms with Gasteiger partial charge in [0.1, 0.15) is 0 Å². The fourth-order valence-corrected chi connectivity index (χ4v) is 2.33. The molecular weight excluding hydrogens is 218 g/mol. The summed E-state index contributed by atoms with van der Waals surface area (Å²) in [5.74, 6) is 1.41. The van der Waals surface area contributed by atoms with Crippen molar-refractivity contribution in [3.63, 3.8) is 0 Å². The van der Waals surface area contributed by atoms with Crippen LogP contribution in [-0.2, 0) is 11.8 Å². The zero-order valence-corrected chi connectivity index (χ0v) is 12.7. The molecule has 0 aliphatic heterocycles. The standard InChI is InChI=1S/C17H29N/c1-13(2)15(10-11-18)12-14-6-8-16(9-7-14)17(3,4)5/h6-9,13,15H,10-12,18H2,1-5H3. The second-order valence-electron chi connectivity index (χ2n) is 6.73. The lowest BCUT2D eigenvalue weighted by molar-refractivity contribution is 0.362. The van der Waals surface area contributed by atoms with Gasteiger partial charge in [0.2, 0.25) is 0 Å². The molecule has 102 valence electrons. The molecule has 18 heavy (non-hydrogen) atoms. The Kier molecular flexibility index (Phi) is 5.40. The van der Waals surface area contributed by atoms with Gasteiger partial charge < -0.3 is 5.73 Å². The first-order chi connectivity index (χ1) is 8.34. The number of hydrogen-bond acceptors (Lipinski definition) is 1. The van der Waals surface area contributed by atoms with E-state index in [1.807, 2.05) is 0 Å². The van der Waals surface area contributed by atoms with E-state index in [9.17, 15) is 0 Å². The van der Waals surface area contributed by atoms with Gasteiger partial charge in [-0.2, -0.15) is 0 Å². The topological polar surface area (TPSA) is 26.0 Å². The van der Waals surface area contributed by atoms with Gasteiger partial charge in [-0.05, 0) is 47.8 Å². The molecular formula is C17H29N. The quantitative estimate of drug-likeness (QED) is 0.831. The Morgan fingerprint density at radius 1 is 1.06 bits per heavy atom. The van der Waals surface area contributed by atoms with Crippen LogP contribution >= 0.6 is 0 Å². The van der Waals surface area contributed by atoms with Gasteiger partial charge in [0, 0.05) is 0 Å². The lowest BCUT2D eigenvalue weighted by atomic mass is 9.84. The van der Waals surface area contributed by atoms with Crippen LogP contribution in [0.3, 0.4) is 0 Å². The van der Waals surface area contributed by atoms with Crippen LogP contribution in [-0.4, -0.2) is 6.54 Å². The summed E-state index contributed by atoms with van der Waals surface area (Å²) in [5.41, 5.74) is 8.79. The summed E-state index contributed by atoms with van der Waals surface area (Å²) < 4.78 is 0. The molecule has 1 nitrogen and oxygen atoms in total. The Balaban J connectivity index is 2.73. The third-order valence-corrected chi connectivity index (χ3v) is 3.80. The van der Waals surface area contributed by atoms with E-state index in [-0.39, 0.29) is 5.41 Å². The second-order valence-corrected chi connectivity index (χ2v) is 6.73. The zero-order valence-electron chi connectivity index (χ0n) is 12.7. The second kappa shape index (κ2) is 6.38. The van der Waals surface area contributed by atoms with E-state index in [2.05, 4.69) is 58.9 Å². The molecule has 0 saturated heterocycles. The Labute approximate surface area is 113 Å². The average Bonchev–Trinajstić information content (AvgIpc) is 2.28. The lowest BCUT2D eigenvalue weighted by Gasteiger charge is -2.22. The van der Waals surface area contributed by atoms with Crippen molar-refractivity contribution in [1.82, 2.24) is 0 Å². The molecule has 0 bridgehead atoms. The molecule has 0 fully saturated rings. The summed E-state index contributed by atoms with van der Waals surface area (Å²) in [7, 11) is 0. The van der Waals surface area contributed by atoms with Crippen LogP contribution in [0.4, 0.5) is 0 Å². The SMILES string of the molecule is CC(C)C(CCN)Cc1ccc(C(C)(C)C)cc1. The van der Waals surface area contributed by atoms with Gasteiger partial charge in [-0.25, -0.2) is 0 Å². The van der Waals surface area contributed by atoms with E-state index in [0.29, 0.717) is 11.8 Å². The molecule has 0 spiro atoms. The Hall–Kier alpha value is -0.820. The van der Waals surface area contributed by atoms with Crippen LogP contribution in [0, 0.1) is 11.8 Å². The van der Waals surface area contributed by atoms with E-state index in [1.165, 1.54) is 11.1 Å². The summed E-state index contributed by atoms with van der Waals surface area (Å²) in [5, 5.41) is 0. The van der Waals surface area contributed by atoms with Crippen molar-refractivity contribution in [1.29, 1.82) is 0 Å². The molecule has 0 saturated carbocycles. The van der Waals surface area contributed by atoms with Crippen molar-refractivity contribution in [3.8, 4) is 0 Å². The Morgan fingerprint density at radius 3 is 2.00 bits per heavy atom. The fourth-order valence-electron chi connectivity index (χ4n) is 2.33. The van der Waals surface area contributed by atoms with Crippen molar-refractivity contribution in [2.24, 2.45) is 17.6 Å². The summed E-state index contributed by atoms with van der Waals surface area (Å²) in [6.45, 7) is 12.2. The molecule has 1 aromatic rings. The molecule has 0 aliphatic rings. The first-order valence-electron chi connectivity index (χ1n) is 7.14. The van der Waals surface area contributed by atoms with Crippen molar-refractivity contribution in [2.45, 2.75) is 52.9 Å². The maximum Gasteiger partial charge on any atom is -0.00744 e. The number of nitrogens with two attached hydrogens (primary N) is 1. The van der Waals surface area contributed by atoms with E-state index in [0.717, 1.165) is 19.4 Å². The van der Waals surface area contributed by atoms with Crippen molar-refractivity contribution >= 4 is 0 Å². The molecule has 1 unspecified atom stereocenters. The van der Waals surface area contributed by atoms with Crippen LogP contribution in [0.1, 0.15) is 52.2 Å². The predicted molar refractivity (Wildman–Crippen MR) is 80.8 cm³/mol. The third kappa shape index (κ3) is 4.45. The lowest BCUT2D eigenvalue weighted by Crippen LogP contribution is -2.17. The zero-order chi connectivity index (χ0) is 13.8. The number of rotatable bonds is 5. The highest BCUT2D eigenvalue weighted by Crippen LogP contribution is 2.24. The number of hydrogen-bond donors (Lipinski definition) is 1. The summed E-state index contributed by atoms with van der Waals surface area (Å²) in [6, 6.07) is 9.11. The third-order valence-electron chi connectivity index (χ3n) is 3.80. The van der Waals surface area contributed by atoms with Gasteiger partial charge in [-0.1, -0.05) is 58.9 Å². The van der Waals surface area contributed by atoms with Crippen molar-refractivity contribution < 1.29 is 0 Å². The van der Waals surface area contributed by atoms with Gasteiger partial charge in [-0.15, -0.1) is 0 Å². The molecule has 1 rings (SSSR count). The van der Waals surface area contributed by atoms with Crippen molar-refractivity contribution in [3.05, 3.63) is 35.4 Å². The fraction of sp³-hybridized carbons (Fsp3) is 0.647. The minimum absolute atomic E-state index is 0.243. The Morgan fingerprint density at radius 2 is 1.61 bits per heavy atom. The van der Waals surface area contributed by atoms with Gasteiger partial charge in [0.05, 0.1) is 0 Å². The monoisotopic (exact) mass is 247 g/mol. The van der Waals surface area contributed by atoms with E-state index in [4.69, 9.17) is 5.73 Å². The molecule has 0 aromatic heterocycles. The van der Waals surface area contributed by atoms with Gasteiger partial charge in [0.25, 0.3) is 0 Å². The summed E-state index contributed by atoms with van der Waals surface area (Å²) in [4.78, 5) is 0. The Bertz CT molecular complexity index is 343. The van der Waals surface area contributed by atoms with Gasteiger partial charge >= 0.3 is 0 Å². The van der Waals surface area contributed by atoms with Crippen LogP contribution in [0.15, 0.2) is 24.3 Å². The normalized spacial score (nSPS) is 13.9. The minimum Gasteiger partial charge on any atom is -0.330 e. The maximum absolute atomic E-state index is 5.70. The van der Waals surface area contributed by atoms with Crippen LogP contribution < -0.4 is 5.73 Å². The maximum atomic E-state index is 5.70. The van der Waals surface area contributed by atoms with E-state index < -0.39 is 0 Å². The molecule has 0 radical (unpaired) electrons. The summed E-state index contributed by atoms with van der Waals surface area (Å²) >= 11 is 0. The largest absolute Gasteiger partial charge is 0.330 e. The first kappa shape index (κ1) is 15.2. The molecule has 1 aromatic carbocycles. The molecule has 0 aliphatic carbocycles.